The summed E-state index contributed by atoms with van der Waals surface area (Å²) in [6.07, 6.45) is -5.86. The van der Waals surface area contributed by atoms with Crippen LogP contribution in [0, 0.1) is 0 Å². The van der Waals surface area contributed by atoms with Crippen LogP contribution >= 0.6 is 20.4 Å². The highest BCUT2D eigenvalue weighted by molar-refractivity contribution is 7.23. The van der Waals surface area contributed by atoms with Crippen molar-refractivity contribution in [1.29, 1.82) is 0 Å². The molecule has 0 spiro atoms. The van der Waals surface area contributed by atoms with Crippen LogP contribution in [-0.2, 0) is 23.6 Å². The standard InChI is InChI=1S/C24H23F6N3O2S.H3O2P/c25-23(26,27)17-8-5-7-15(12-17)6-3-1-2-4-11-34-20-10-9-16(13-18(20)24(28,29)30)21-31-32-22(36-21)19-14-35-33-19;1-3-2/h5,7-10,12-13,19,33H,1-4,6,11,14H2;1-3H. The molecule has 4 rings (SSSR count). The van der Waals surface area contributed by atoms with E-state index >= 15 is 0 Å². The molecule has 39 heavy (non-hydrogen) atoms. The summed E-state index contributed by atoms with van der Waals surface area (Å²) in [7, 11) is -0.917. The number of aromatic nitrogens is 2. The van der Waals surface area contributed by atoms with Crippen molar-refractivity contribution in [3.63, 3.8) is 0 Å². The molecule has 2 heterocycles. The zero-order valence-corrected chi connectivity index (χ0v) is 22.2. The number of nitrogens with zero attached hydrogens (tertiary/aromatic N) is 2. The smallest absolute Gasteiger partial charge is 0.419 e. The Bertz CT molecular complexity index is 1190. The van der Waals surface area contributed by atoms with Crippen LogP contribution in [0.3, 0.4) is 0 Å². The Labute approximate surface area is 226 Å². The number of hydroxylamine groups is 1. The van der Waals surface area contributed by atoms with Gasteiger partial charge in [0, 0.05) is 5.56 Å². The van der Waals surface area contributed by atoms with E-state index in [0.29, 0.717) is 53.4 Å². The average Bonchev–Trinajstić information content (AvgIpc) is 3.31. The van der Waals surface area contributed by atoms with Crippen molar-refractivity contribution < 1.29 is 45.7 Å². The summed E-state index contributed by atoms with van der Waals surface area (Å²) < 4.78 is 84.8. The number of nitrogens with one attached hydrogen (secondary N) is 1. The lowest BCUT2D eigenvalue weighted by atomic mass is 10.0. The fourth-order valence-corrected chi connectivity index (χ4v) is 4.53. The minimum atomic E-state index is -4.60. The topological polar surface area (TPSA) is 96.7 Å². The van der Waals surface area contributed by atoms with Gasteiger partial charge < -0.3 is 14.5 Å². The van der Waals surface area contributed by atoms with Crippen molar-refractivity contribution in [3.05, 3.63) is 64.2 Å². The largest absolute Gasteiger partial charge is 0.493 e. The summed E-state index contributed by atoms with van der Waals surface area (Å²) in [5.74, 6) is -0.256. The number of benzene rings is 2. The fraction of sp³-hybridized carbons (Fsp3) is 0.417. The molecule has 1 aliphatic heterocycles. The lowest BCUT2D eigenvalue weighted by molar-refractivity contribution is -0.139. The number of hydrogen-bond donors (Lipinski definition) is 3. The molecule has 214 valence electrons. The number of rotatable bonds is 10. The molecule has 0 saturated carbocycles. The molecule has 1 aliphatic rings. The van der Waals surface area contributed by atoms with Crippen LogP contribution in [0.2, 0.25) is 0 Å². The first-order valence-corrected chi connectivity index (χ1v) is 13.5. The van der Waals surface area contributed by atoms with E-state index in [4.69, 9.17) is 19.4 Å². The summed E-state index contributed by atoms with van der Waals surface area (Å²) in [6, 6.07) is 8.95. The SMILES string of the molecule is FC(F)(F)c1cccc(CCCCCCOc2ccc(-c3nnc(C4CON4)s3)cc2C(F)(F)F)c1.OPO. The van der Waals surface area contributed by atoms with Gasteiger partial charge in [-0.25, -0.2) is 0 Å². The highest BCUT2D eigenvalue weighted by Gasteiger charge is 2.35. The molecule has 0 aliphatic carbocycles. The van der Waals surface area contributed by atoms with Crippen molar-refractivity contribution in [1.82, 2.24) is 15.7 Å². The van der Waals surface area contributed by atoms with Crippen molar-refractivity contribution in [2.75, 3.05) is 13.2 Å². The average molecular weight is 598 g/mol. The second kappa shape index (κ2) is 14.3. The Morgan fingerprint density at radius 1 is 0.974 bits per heavy atom. The van der Waals surface area contributed by atoms with E-state index in [1.165, 1.54) is 29.5 Å². The van der Waals surface area contributed by atoms with Gasteiger partial charge >= 0.3 is 12.4 Å². The van der Waals surface area contributed by atoms with Gasteiger partial charge in [0.1, 0.15) is 30.8 Å². The first kappa shape index (κ1) is 31.2. The Kier molecular flexibility index (Phi) is 11.5. The molecule has 1 aromatic heterocycles. The van der Waals surface area contributed by atoms with E-state index in [1.54, 1.807) is 6.07 Å². The molecule has 0 radical (unpaired) electrons. The van der Waals surface area contributed by atoms with Gasteiger partial charge in [0.15, 0.2) is 0 Å². The molecular weight excluding hydrogens is 571 g/mol. The molecule has 0 amide bonds. The van der Waals surface area contributed by atoms with Crippen LogP contribution < -0.4 is 10.2 Å². The summed E-state index contributed by atoms with van der Waals surface area (Å²) in [6.45, 7) is 0.531. The zero-order chi connectivity index (χ0) is 28.5. The van der Waals surface area contributed by atoms with Crippen molar-refractivity contribution >= 4 is 20.4 Å². The molecule has 15 heteroatoms. The monoisotopic (exact) mass is 597 g/mol. The molecular formula is C24H26F6N3O4PS. The van der Waals surface area contributed by atoms with Gasteiger partial charge in [0.05, 0.1) is 24.3 Å². The summed E-state index contributed by atoms with van der Waals surface area (Å²) in [5.41, 5.74) is 2.05. The van der Waals surface area contributed by atoms with Crippen LogP contribution in [0.1, 0.15) is 53.4 Å². The van der Waals surface area contributed by atoms with Crippen LogP contribution in [0.4, 0.5) is 26.3 Å². The Balaban J connectivity index is 0.00000134. The fourth-order valence-electron chi connectivity index (χ4n) is 3.66. The Hall–Kier alpha value is -2.35. The quantitative estimate of drug-likeness (QED) is 0.140. The van der Waals surface area contributed by atoms with E-state index in [0.717, 1.165) is 24.6 Å². The number of aryl methyl sites for hydroxylation is 1. The predicted octanol–water partition coefficient (Wildman–Crippen LogP) is 6.48. The van der Waals surface area contributed by atoms with E-state index in [-0.39, 0.29) is 18.4 Å². The summed E-state index contributed by atoms with van der Waals surface area (Å²) >= 11 is 1.20. The van der Waals surface area contributed by atoms with Gasteiger partial charge in [-0.2, -0.15) is 31.8 Å². The minimum absolute atomic E-state index is 0.0995. The van der Waals surface area contributed by atoms with Gasteiger partial charge in [-0.05, 0) is 49.1 Å². The summed E-state index contributed by atoms with van der Waals surface area (Å²) in [5, 5.41) is 9.01. The number of hydrogen-bond acceptors (Lipinski definition) is 8. The second-order valence-electron chi connectivity index (χ2n) is 8.45. The number of halogens is 6. The first-order valence-electron chi connectivity index (χ1n) is 11.8. The zero-order valence-electron chi connectivity index (χ0n) is 20.3. The maximum Gasteiger partial charge on any atom is 0.419 e. The normalized spacial score (nSPS) is 15.3. The maximum atomic E-state index is 13.7. The van der Waals surface area contributed by atoms with Crippen molar-refractivity contribution in [3.8, 4) is 16.3 Å². The third-order valence-electron chi connectivity index (χ3n) is 5.62. The van der Waals surface area contributed by atoms with Crippen LogP contribution in [0.5, 0.6) is 5.75 Å². The molecule has 1 saturated heterocycles. The van der Waals surface area contributed by atoms with Gasteiger partial charge in [-0.15, -0.1) is 10.2 Å². The number of unbranched alkanes of at least 4 members (excludes halogenated alkanes) is 3. The molecule has 1 fully saturated rings. The van der Waals surface area contributed by atoms with Crippen molar-refractivity contribution in [2.45, 2.75) is 50.5 Å². The van der Waals surface area contributed by atoms with Gasteiger partial charge in [0.2, 0.25) is 0 Å². The minimum Gasteiger partial charge on any atom is -0.493 e. The Morgan fingerprint density at radius 2 is 1.69 bits per heavy atom. The third-order valence-corrected chi connectivity index (χ3v) is 6.70. The molecule has 3 N–H and O–H groups in total. The molecule has 1 unspecified atom stereocenters. The lowest BCUT2D eigenvalue weighted by Crippen LogP contribution is -2.37. The maximum absolute atomic E-state index is 13.7. The summed E-state index contributed by atoms with van der Waals surface area (Å²) in [4.78, 5) is 19.2. The van der Waals surface area contributed by atoms with Gasteiger partial charge in [-0.3, -0.25) is 4.84 Å². The molecule has 3 aromatic rings. The predicted molar refractivity (Wildman–Crippen MR) is 134 cm³/mol. The number of ether oxygens (including phenoxy) is 1. The molecule has 1 atom stereocenters. The molecule has 2 aromatic carbocycles. The van der Waals surface area contributed by atoms with E-state index in [1.807, 2.05) is 0 Å². The van der Waals surface area contributed by atoms with Gasteiger partial charge in [-0.1, -0.05) is 42.4 Å². The van der Waals surface area contributed by atoms with E-state index in [9.17, 15) is 26.3 Å². The van der Waals surface area contributed by atoms with Crippen molar-refractivity contribution in [2.24, 2.45) is 0 Å². The highest BCUT2D eigenvalue weighted by Crippen LogP contribution is 2.40. The molecule has 7 nitrogen and oxygen atoms in total. The Morgan fingerprint density at radius 3 is 2.33 bits per heavy atom. The second-order valence-corrected chi connectivity index (χ2v) is 9.66. The van der Waals surface area contributed by atoms with Gasteiger partial charge in [0.25, 0.3) is 0 Å². The first-order chi connectivity index (χ1) is 18.5. The van der Waals surface area contributed by atoms with Crippen LogP contribution in [0.25, 0.3) is 10.6 Å². The third kappa shape index (κ3) is 9.37. The molecule has 0 bridgehead atoms. The van der Waals surface area contributed by atoms with Crippen LogP contribution in [-0.4, -0.2) is 33.2 Å². The van der Waals surface area contributed by atoms with Crippen LogP contribution in [0.15, 0.2) is 42.5 Å². The lowest BCUT2D eigenvalue weighted by Gasteiger charge is -2.24. The number of alkyl halides is 6. The highest BCUT2D eigenvalue weighted by atomic mass is 32.1. The van der Waals surface area contributed by atoms with E-state index < -0.39 is 32.5 Å². The van der Waals surface area contributed by atoms with E-state index in [2.05, 4.69) is 15.7 Å².